The molecule has 0 bridgehead atoms. The zero-order valence-electron chi connectivity index (χ0n) is 15.1. The third kappa shape index (κ3) is 6.34. The highest BCUT2D eigenvalue weighted by Gasteiger charge is 2.14. The van der Waals surface area contributed by atoms with Crippen LogP contribution in [0.25, 0.3) is 10.9 Å². The molecular formula is C19H23ClN4O4. The van der Waals surface area contributed by atoms with Crippen LogP contribution >= 0.6 is 12.4 Å². The molecule has 0 fully saturated rings. The molecule has 0 spiro atoms. The molecule has 0 aliphatic rings. The molecule has 3 rings (SSSR count). The summed E-state index contributed by atoms with van der Waals surface area (Å²) in [5.74, 6) is -0.972. The molecule has 1 atom stereocenters. The third-order valence-electron chi connectivity index (χ3n) is 3.99. The third-order valence-corrected chi connectivity index (χ3v) is 3.99. The first-order valence-corrected chi connectivity index (χ1v) is 8.39. The van der Waals surface area contributed by atoms with Crippen molar-refractivity contribution in [2.24, 2.45) is 11.5 Å². The number of rotatable bonds is 6. The van der Waals surface area contributed by atoms with Crippen LogP contribution in [0, 0.1) is 10.1 Å². The first-order valence-electron chi connectivity index (χ1n) is 8.39. The SMILES string of the molecule is Cl.NCCc1cccc([N+](=O)[O-])c1.N[C@@H](Cc1c[nH]c2ccccc12)C(=O)O. The van der Waals surface area contributed by atoms with E-state index in [1.165, 1.54) is 6.07 Å². The van der Waals surface area contributed by atoms with Crippen LogP contribution in [-0.4, -0.2) is 33.6 Å². The Morgan fingerprint density at radius 2 is 1.93 bits per heavy atom. The van der Waals surface area contributed by atoms with Gasteiger partial charge in [0.05, 0.1) is 4.92 Å². The largest absolute Gasteiger partial charge is 0.480 e. The second-order valence-corrected chi connectivity index (χ2v) is 5.97. The Bertz CT molecular complexity index is 929. The summed E-state index contributed by atoms with van der Waals surface area (Å²) < 4.78 is 0. The minimum atomic E-state index is -0.972. The van der Waals surface area contributed by atoms with Crippen molar-refractivity contribution in [1.82, 2.24) is 4.98 Å². The fraction of sp³-hybridized carbons (Fsp3) is 0.211. The number of nitro groups is 1. The summed E-state index contributed by atoms with van der Waals surface area (Å²) in [6, 6.07) is 13.4. The summed E-state index contributed by atoms with van der Waals surface area (Å²) >= 11 is 0. The molecule has 1 aromatic heterocycles. The lowest BCUT2D eigenvalue weighted by atomic mass is 10.1. The average Bonchev–Trinajstić information content (AvgIpc) is 3.06. The van der Waals surface area contributed by atoms with Crippen molar-refractivity contribution >= 4 is 35.0 Å². The highest BCUT2D eigenvalue weighted by molar-refractivity contribution is 5.85. The van der Waals surface area contributed by atoms with Crippen LogP contribution in [0.1, 0.15) is 11.1 Å². The number of benzene rings is 2. The van der Waals surface area contributed by atoms with Crippen molar-refractivity contribution in [1.29, 1.82) is 0 Å². The van der Waals surface area contributed by atoms with Gasteiger partial charge >= 0.3 is 5.97 Å². The normalized spacial score (nSPS) is 11.1. The molecule has 0 aliphatic heterocycles. The van der Waals surface area contributed by atoms with Crippen molar-refractivity contribution in [3.63, 3.8) is 0 Å². The zero-order valence-corrected chi connectivity index (χ0v) is 15.9. The molecule has 28 heavy (non-hydrogen) atoms. The first kappa shape index (κ1) is 23.1. The maximum atomic E-state index is 10.6. The summed E-state index contributed by atoms with van der Waals surface area (Å²) in [4.78, 5) is 23.6. The van der Waals surface area contributed by atoms with Crippen molar-refractivity contribution in [3.05, 3.63) is 76.0 Å². The quantitative estimate of drug-likeness (QED) is 0.365. The predicted octanol–water partition coefficient (Wildman–Crippen LogP) is 2.64. The topological polar surface area (TPSA) is 148 Å². The number of halogens is 1. The standard InChI is InChI=1S/C11H12N2O2.C8H10N2O2.ClH/c12-9(11(14)15)5-7-6-13-10-4-2-1-3-8(7)10;9-5-4-7-2-1-3-8(6-7)10(11)12;/h1-4,6,9,13H,5,12H2,(H,14,15);1-3,6H,4-5,9H2;1H/t9-;;/m0../s1. The molecule has 0 aliphatic carbocycles. The Kier molecular flexibility index (Phi) is 9.10. The van der Waals surface area contributed by atoms with E-state index >= 15 is 0 Å². The number of carboxylic acids is 1. The van der Waals surface area contributed by atoms with Crippen molar-refractivity contribution < 1.29 is 14.8 Å². The number of nitrogens with two attached hydrogens (primary N) is 2. The van der Waals surface area contributed by atoms with E-state index in [1.54, 1.807) is 12.1 Å². The minimum absolute atomic E-state index is 0. The number of aliphatic carboxylic acids is 1. The second-order valence-electron chi connectivity index (χ2n) is 5.97. The van der Waals surface area contributed by atoms with Crippen LogP contribution in [0.2, 0.25) is 0 Å². The van der Waals surface area contributed by atoms with Crippen molar-refractivity contribution in [2.45, 2.75) is 18.9 Å². The summed E-state index contributed by atoms with van der Waals surface area (Å²) in [5.41, 5.74) is 13.8. The van der Waals surface area contributed by atoms with E-state index in [0.29, 0.717) is 19.4 Å². The number of nitro benzene ring substituents is 1. The Morgan fingerprint density at radius 3 is 2.57 bits per heavy atom. The van der Waals surface area contributed by atoms with Crippen LogP contribution < -0.4 is 11.5 Å². The van der Waals surface area contributed by atoms with Gasteiger partial charge in [-0.2, -0.15) is 0 Å². The van der Waals surface area contributed by atoms with Crippen LogP contribution in [0.4, 0.5) is 5.69 Å². The van der Waals surface area contributed by atoms with Gasteiger partial charge in [0, 0.05) is 35.7 Å². The van der Waals surface area contributed by atoms with Gasteiger partial charge < -0.3 is 21.6 Å². The van der Waals surface area contributed by atoms with Gasteiger partial charge in [0.2, 0.25) is 0 Å². The van der Waals surface area contributed by atoms with Gasteiger partial charge in [-0.15, -0.1) is 12.4 Å². The Balaban J connectivity index is 0.000000277. The highest BCUT2D eigenvalue weighted by Crippen LogP contribution is 2.18. The van der Waals surface area contributed by atoms with Gasteiger partial charge in [-0.25, -0.2) is 0 Å². The van der Waals surface area contributed by atoms with Crippen LogP contribution in [-0.2, 0) is 17.6 Å². The van der Waals surface area contributed by atoms with E-state index in [2.05, 4.69) is 4.98 Å². The summed E-state index contributed by atoms with van der Waals surface area (Å²) in [7, 11) is 0. The van der Waals surface area contributed by atoms with Gasteiger partial charge in [-0.05, 0) is 30.2 Å². The molecular weight excluding hydrogens is 384 g/mol. The predicted molar refractivity (Wildman–Crippen MR) is 111 cm³/mol. The molecule has 8 nitrogen and oxygen atoms in total. The number of nitrogens with one attached hydrogen (secondary N) is 1. The lowest BCUT2D eigenvalue weighted by molar-refractivity contribution is -0.384. The maximum Gasteiger partial charge on any atom is 0.320 e. The summed E-state index contributed by atoms with van der Waals surface area (Å²) in [6.45, 7) is 0.515. The van der Waals surface area contributed by atoms with E-state index in [4.69, 9.17) is 16.6 Å². The van der Waals surface area contributed by atoms with Gasteiger partial charge in [0.25, 0.3) is 5.69 Å². The second kappa shape index (κ2) is 11.0. The van der Waals surface area contributed by atoms with E-state index in [0.717, 1.165) is 22.0 Å². The number of H-pyrrole nitrogens is 1. The minimum Gasteiger partial charge on any atom is -0.480 e. The average molecular weight is 407 g/mol. The number of hydrogen-bond acceptors (Lipinski definition) is 5. The molecule has 3 aromatic rings. The van der Waals surface area contributed by atoms with E-state index in [-0.39, 0.29) is 18.1 Å². The molecule has 0 amide bonds. The lowest BCUT2D eigenvalue weighted by Gasteiger charge is -2.04. The molecule has 0 radical (unpaired) electrons. The van der Waals surface area contributed by atoms with Crippen LogP contribution in [0.15, 0.2) is 54.7 Å². The van der Waals surface area contributed by atoms with Crippen molar-refractivity contribution in [3.8, 4) is 0 Å². The number of carboxylic acid groups (broad SMARTS) is 1. The molecule has 9 heteroatoms. The highest BCUT2D eigenvalue weighted by atomic mass is 35.5. The number of aromatic amines is 1. The van der Waals surface area contributed by atoms with Crippen LogP contribution in [0.5, 0.6) is 0 Å². The van der Waals surface area contributed by atoms with E-state index in [9.17, 15) is 14.9 Å². The number of carbonyl (C=O) groups is 1. The maximum absolute atomic E-state index is 10.6. The number of para-hydroxylation sites is 1. The Hall–Kier alpha value is -2.94. The fourth-order valence-electron chi connectivity index (χ4n) is 2.62. The lowest BCUT2D eigenvalue weighted by Crippen LogP contribution is -2.32. The van der Waals surface area contributed by atoms with E-state index in [1.807, 2.05) is 36.5 Å². The fourth-order valence-corrected chi connectivity index (χ4v) is 2.62. The molecule has 0 saturated carbocycles. The number of hydrogen-bond donors (Lipinski definition) is 4. The summed E-state index contributed by atoms with van der Waals surface area (Å²) in [5, 5.41) is 20.1. The van der Waals surface area contributed by atoms with Gasteiger partial charge in [0.1, 0.15) is 6.04 Å². The number of fused-ring (bicyclic) bond motifs is 1. The number of non-ortho nitro benzene ring substituents is 1. The van der Waals surface area contributed by atoms with Crippen LogP contribution in [0.3, 0.4) is 0 Å². The van der Waals surface area contributed by atoms with Gasteiger partial charge in [0.15, 0.2) is 0 Å². The van der Waals surface area contributed by atoms with Crippen molar-refractivity contribution in [2.75, 3.05) is 6.54 Å². The van der Waals surface area contributed by atoms with E-state index < -0.39 is 16.9 Å². The summed E-state index contributed by atoms with van der Waals surface area (Å²) in [6.07, 6.45) is 2.84. The number of nitrogens with zero attached hydrogens (tertiary/aromatic N) is 1. The smallest absolute Gasteiger partial charge is 0.320 e. The Labute approximate surface area is 168 Å². The zero-order chi connectivity index (χ0) is 19.8. The monoisotopic (exact) mass is 406 g/mol. The first-order chi connectivity index (χ1) is 12.9. The van der Waals surface area contributed by atoms with Gasteiger partial charge in [-0.3, -0.25) is 14.9 Å². The molecule has 2 aromatic carbocycles. The molecule has 1 heterocycles. The number of aromatic nitrogens is 1. The molecule has 0 saturated heterocycles. The molecule has 0 unspecified atom stereocenters. The Morgan fingerprint density at radius 1 is 1.21 bits per heavy atom. The molecule has 6 N–H and O–H groups in total. The van der Waals surface area contributed by atoms with Gasteiger partial charge in [-0.1, -0.05) is 30.3 Å². The molecule has 150 valence electrons.